The molecule has 0 bridgehead atoms. The van der Waals surface area contributed by atoms with Gasteiger partial charge in [-0.15, -0.1) is 0 Å². The van der Waals surface area contributed by atoms with E-state index in [0.717, 1.165) is 0 Å². The summed E-state index contributed by atoms with van der Waals surface area (Å²) in [5.41, 5.74) is 0.640. The third-order valence-corrected chi connectivity index (χ3v) is 4.09. The van der Waals surface area contributed by atoms with E-state index in [0.29, 0.717) is 28.9 Å². The lowest BCUT2D eigenvalue weighted by Gasteiger charge is -2.18. The first kappa shape index (κ1) is 10.2. The topological polar surface area (TPSA) is 47.8 Å². The van der Waals surface area contributed by atoms with Crippen LogP contribution in [0, 0.1) is 11.8 Å². The summed E-state index contributed by atoms with van der Waals surface area (Å²) in [4.78, 5) is 21.0. The molecule has 0 unspecified atom stereocenters. The molecule has 0 atom stereocenters. The fourth-order valence-electron chi connectivity index (χ4n) is 2.90. The minimum Gasteiger partial charge on any atom is -0.295 e. The van der Waals surface area contributed by atoms with Crippen LogP contribution in [-0.4, -0.2) is 14.5 Å². The number of aromatic nitrogens is 3. The van der Waals surface area contributed by atoms with Crippen LogP contribution in [0.3, 0.4) is 0 Å². The number of pyridine rings is 1. The van der Waals surface area contributed by atoms with Gasteiger partial charge >= 0.3 is 0 Å². The van der Waals surface area contributed by atoms with E-state index in [9.17, 15) is 4.79 Å². The van der Waals surface area contributed by atoms with E-state index in [2.05, 4.69) is 9.97 Å². The van der Waals surface area contributed by atoms with Crippen LogP contribution in [0.15, 0.2) is 29.5 Å². The fourth-order valence-corrected chi connectivity index (χ4v) is 2.90. The molecule has 0 aromatic carbocycles. The Labute approximate surface area is 105 Å². The monoisotopic (exact) mass is 241 g/mol. The SMILES string of the molecule is O=c1c2cccnc2ncn1C(C1CC1)C1CC1. The Balaban J connectivity index is 1.89. The average Bonchev–Trinajstić information content (AvgIpc) is 3.27. The van der Waals surface area contributed by atoms with E-state index in [4.69, 9.17) is 0 Å². The molecule has 2 fully saturated rings. The van der Waals surface area contributed by atoms with Crippen molar-refractivity contribution < 1.29 is 0 Å². The molecule has 2 aromatic rings. The van der Waals surface area contributed by atoms with Crippen LogP contribution in [0.1, 0.15) is 31.7 Å². The first-order chi connectivity index (χ1) is 8.84. The Bertz CT molecular complexity index is 643. The molecule has 2 saturated carbocycles. The van der Waals surface area contributed by atoms with Crippen molar-refractivity contribution in [1.29, 1.82) is 0 Å². The molecule has 2 aliphatic carbocycles. The Morgan fingerprint density at radius 1 is 1.17 bits per heavy atom. The summed E-state index contributed by atoms with van der Waals surface area (Å²) in [5, 5.41) is 0.645. The third kappa shape index (κ3) is 1.55. The van der Waals surface area contributed by atoms with Crippen molar-refractivity contribution in [3.05, 3.63) is 35.0 Å². The molecular weight excluding hydrogens is 226 g/mol. The predicted octanol–water partition coefficient (Wildman–Crippen LogP) is 2.15. The van der Waals surface area contributed by atoms with Gasteiger partial charge in [0.1, 0.15) is 6.33 Å². The lowest BCUT2D eigenvalue weighted by Crippen LogP contribution is -2.27. The third-order valence-electron chi connectivity index (χ3n) is 4.09. The summed E-state index contributed by atoms with van der Waals surface area (Å²) < 4.78 is 1.87. The maximum Gasteiger partial charge on any atom is 0.263 e. The molecule has 4 heteroatoms. The first-order valence-corrected chi connectivity index (χ1v) is 6.66. The molecule has 4 nitrogen and oxygen atoms in total. The van der Waals surface area contributed by atoms with Crippen LogP contribution in [-0.2, 0) is 0 Å². The standard InChI is InChI=1S/C14H15N3O/c18-14-11-2-1-7-15-13(11)16-8-17(14)12(9-3-4-9)10-5-6-10/h1-2,7-10,12H,3-6H2. The minimum absolute atomic E-state index is 0.0805. The van der Waals surface area contributed by atoms with Crippen molar-refractivity contribution >= 4 is 11.0 Å². The molecule has 0 spiro atoms. The second kappa shape index (κ2) is 3.64. The van der Waals surface area contributed by atoms with E-state index >= 15 is 0 Å². The molecule has 0 aliphatic heterocycles. The number of hydrogen-bond acceptors (Lipinski definition) is 3. The van der Waals surface area contributed by atoms with Crippen LogP contribution < -0.4 is 5.56 Å². The number of hydrogen-bond donors (Lipinski definition) is 0. The summed E-state index contributed by atoms with van der Waals surface area (Å²) in [6, 6.07) is 4.01. The maximum absolute atomic E-state index is 12.5. The molecule has 0 N–H and O–H groups in total. The van der Waals surface area contributed by atoms with Crippen LogP contribution in [0.4, 0.5) is 0 Å². The Morgan fingerprint density at radius 3 is 2.56 bits per heavy atom. The summed E-state index contributed by atoms with van der Waals surface area (Å²) in [6.07, 6.45) is 8.44. The van der Waals surface area contributed by atoms with E-state index in [-0.39, 0.29) is 5.56 Å². The van der Waals surface area contributed by atoms with Crippen molar-refractivity contribution in [2.24, 2.45) is 11.8 Å². The average molecular weight is 241 g/mol. The van der Waals surface area contributed by atoms with Gasteiger partial charge in [-0.1, -0.05) is 0 Å². The van der Waals surface area contributed by atoms with Gasteiger partial charge in [0.2, 0.25) is 0 Å². The number of nitrogens with zero attached hydrogens (tertiary/aromatic N) is 3. The lowest BCUT2D eigenvalue weighted by atomic mass is 10.1. The highest BCUT2D eigenvalue weighted by atomic mass is 16.1. The molecule has 2 heterocycles. The van der Waals surface area contributed by atoms with Crippen molar-refractivity contribution in [1.82, 2.24) is 14.5 Å². The second-order valence-electron chi connectivity index (χ2n) is 5.50. The molecule has 92 valence electrons. The van der Waals surface area contributed by atoms with Gasteiger partial charge in [0.25, 0.3) is 5.56 Å². The molecule has 4 rings (SSSR count). The minimum atomic E-state index is 0.0805. The summed E-state index contributed by atoms with van der Waals surface area (Å²) in [5.74, 6) is 1.40. The second-order valence-corrected chi connectivity index (χ2v) is 5.50. The fraction of sp³-hybridized carbons (Fsp3) is 0.500. The Kier molecular flexibility index (Phi) is 2.07. The zero-order valence-corrected chi connectivity index (χ0v) is 10.1. The molecule has 2 aliphatic rings. The zero-order chi connectivity index (χ0) is 12.1. The largest absolute Gasteiger partial charge is 0.295 e. The highest BCUT2D eigenvalue weighted by molar-refractivity contribution is 5.72. The van der Waals surface area contributed by atoms with Crippen molar-refractivity contribution in [3.8, 4) is 0 Å². The molecular formula is C14H15N3O. The van der Waals surface area contributed by atoms with E-state index in [1.54, 1.807) is 18.6 Å². The maximum atomic E-state index is 12.5. The van der Waals surface area contributed by atoms with E-state index in [1.807, 2.05) is 10.6 Å². The van der Waals surface area contributed by atoms with Crippen LogP contribution in [0.2, 0.25) is 0 Å². The summed E-state index contributed by atoms with van der Waals surface area (Å²) in [6.45, 7) is 0. The quantitative estimate of drug-likeness (QED) is 0.827. The Morgan fingerprint density at radius 2 is 1.89 bits per heavy atom. The van der Waals surface area contributed by atoms with Crippen LogP contribution in [0.25, 0.3) is 11.0 Å². The van der Waals surface area contributed by atoms with Gasteiger partial charge in [-0.05, 0) is 49.7 Å². The lowest BCUT2D eigenvalue weighted by molar-refractivity contribution is 0.382. The van der Waals surface area contributed by atoms with Crippen molar-refractivity contribution in [2.75, 3.05) is 0 Å². The number of fused-ring (bicyclic) bond motifs is 1. The van der Waals surface area contributed by atoms with Crippen LogP contribution in [0.5, 0.6) is 0 Å². The normalized spacial score (nSPS) is 19.6. The van der Waals surface area contributed by atoms with Gasteiger partial charge < -0.3 is 0 Å². The van der Waals surface area contributed by atoms with Crippen molar-refractivity contribution in [3.63, 3.8) is 0 Å². The van der Waals surface area contributed by atoms with Gasteiger partial charge in [-0.2, -0.15) is 0 Å². The van der Waals surface area contributed by atoms with Gasteiger partial charge in [-0.3, -0.25) is 9.36 Å². The van der Waals surface area contributed by atoms with E-state index in [1.165, 1.54) is 25.7 Å². The predicted molar refractivity (Wildman–Crippen MR) is 68.3 cm³/mol. The van der Waals surface area contributed by atoms with E-state index < -0.39 is 0 Å². The molecule has 0 radical (unpaired) electrons. The molecule has 0 saturated heterocycles. The van der Waals surface area contributed by atoms with Crippen molar-refractivity contribution in [2.45, 2.75) is 31.7 Å². The molecule has 0 amide bonds. The van der Waals surface area contributed by atoms with Gasteiger partial charge in [0.05, 0.1) is 5.39 Å². The Hall–Kier alpha value is -1.71. The summed E-state index contributed by atoms with van der Waals surface area (Å²) in [7, 11) is 0. The summed E-state index contributed by atoms with van der Waals surface area (Å²) >= 11 is 0. The highest BCUT2D eigenvalue weighted by Crippen LogP contribution is 2.51. The van der Waals surface area contributed by atoms with Crippen LogP contribution >= 0.6 is 0 Å². The van der Waals surface area contributed by atoms with Gasteiger partial charge in [0.15, 0.2) is 5.65 Å². The highest BCUT2D eigenvalue weighted by Gasteiger charge is 2.43. The number of rotatable bonds is 3. The van der Waals surface area contributed by atoms with Gasteiger partial charge in [-0.25, -0.2) is 9.97 Å². The first-order valence-electron chi connectivity index (χ1n) is 6.66. The smallest absolute Gasteiger partial charge is 0.263 e. The molecule has 2 aromatic heterocycles. The van der Waals surface area contributed by atoms with Gasteiger partial charge in [0, 0.05) is 12.2 Å². The molecule has 18 heavy (non-hydrogen) atoms. The zero-order valence-electron chi connectivity index (χ0n) is 10.1.